The van der Waals surface area contributed by atoms with Gasteiger partial charge in [-0.2, -0.15) is 0 Å². The lowest BCUT2D eigenvalue weighted by molar-refractivity contribution is -0.117. The number of aryl methyl sites for hydroxylation is 2. The molecule has 0 saturated heterocycles. The van der Waals surface area contributed by atoms with Crippen LogP contribution in [0.5, 0.6) is 0 Å². The number of carbonyl (C=O) groups excluding carboxylic acids is 1. The second-order valence-electron chi connectivity index (χ2n) is 7.36. The topological polar surface area (TPSA) is 68.0 Å². The van der Waals surface area contributed by atoms with E-state index in [2.05, 4.69) is 27.6 Å². The molecular formula is C20H25N3O2. The maximum atomic E-state index is 12.2. The fraction of sp³-hybridized carbons (Fsp3) is 0.550. The first-order valence-electron chi connectivity index (χ1n) is 9.53. The number of hydrogen-bond donors (Lipinski definition) is 1. The standard InChI is InChI=1S/C20H25N3O2/c24-18(12-14-6-2-1-3-7-14)21-20-23-22-19(25-20)17-11-10-15-8-4-5-9-16(15)13-17/h10-11,13-14H,1-9,12H2,(H,21,23,24). The summed E-state index contributed by atoms with van der Waals surface area (Å²) < 4.78 is 5.67. The first-order chi connectivity index (χ1) is 12.3. The van der Waals surface area contributed by atoms with Crippen LogP contribution in [0.25, 0.3) is 11.5 Å². The maximum absolute atomic E-state index is 12.2. The monoisotopic (exact) mass is 339 g/mol. The van der Waals surface area contributed by atoms with Crippen molar-refractivity contribution in [1.82, 2.24) is 10.2 Å². The van der Waals surface area contributed by atoms with Gasteiger partial charge in [0.15, 0.2) is 0 Å². The SMILES string of the molecule is O=C(CC1CCCCC1)Nc1nnc(-c2ccc3c(c2)CCCC3)o1. The fourth-order valence-corrected chi connectivity index (χ4v) is 4.08. The van der Waals surface area contributed by atoms with Crippen LogP contribution in [0.1, 0.15) is 62.5 Å². The predicted molar refractivity (Wildman–Crippen MR) is 96.2 cm³/mol. The number of anilines is 1. The highest BCUT2D eigenvalue weighted by Gasteiger charge is 2.19. The highest BCUT2D eigenvalue weighted by atomic mass is 16.4. The van der Waals surface area contributed by atoms with E-state index in [0.717, 1.165) is 31.2 Å². The Morgan fingerprint density at radius 3 is 2.68 bits per heavy atom. The molecule has 1 aromatic carbocycles. The minimum absolute atomic E-state index is 0.0208. The number of hydrogen-bond acceptors (Lipinski definition) is 4. The average Bonchev–Trinajstić information content (AvgIpc) is 3.10. The zero-order chi connectivity index (χ0) is 17.1. The highest BCUT2D eigenvalue weighted by molar-refractivity contribution is 5.88. The van der Waals surface area contributed by atoms with Gasteiger partial charge < -0.3 is 4.42 Å². The van der Waals surface area contributed by atoms with Crippen molar-refractivity contribution >= 4 is 11.9 Å². The van der Waals surface area contributed by atoms with Crippen molar-refractivity contribution in [1.29, 1.82) is 0 Å². The van der Waals surface area contributed by atoms with Gasteiger partial charge >= 0.3 is 6.01 Å². The van der Waals surface area contributed by atoms with Crippen molar-refractivity contribution in [2.45, 2.75) is 64.2 Å². The van der Waals surface area contributed by atoms with Crippen LogP contribution < -0.4 is 5.32 Å². The van der Waals surface area contributed by atoms with E-state index < -0.39 is 0 Å². The van der Waals surface area contributed by atoms with Gasteiger partial charge in [0.25, 0.3) is 0 Å². The lowest BCUT2D eigenvalue weighted by atomic mass is 9.87. The summed E-state index contributed by atoms with van der Waals surface area (Å²) in [5.41, 5.74) is 3.74. The molecule has 1 heterocycles. The minimum atomic E-state index is -0.0208. The molecule has 0 bridgehead atoms. The molecule has 1 amide bonds. The molecule has 0 aliphatic heterocycles. The average molecular weight is 339 g/mol. The van der Waals surface area contributed by atoms with Crippen LogP contribution in [0, 0.1) is 5.92 Å². The molecule has 25 heavy (non-hydrogen) atoms. The van der Waals surface area contributed by atoms with Gasteiger partial charge in [-0.05, 0) is 67.7 Å². The number of rotatable bonds is 4. The molecular weight excluding hydrogens is 314 g/mol. The van der Waals surface area contributed by atoms with Crippen molar-refractivity contribution in [2.24, 2.45) is 5.92 Å². The summed E-state index contributed by atoms with van der Waals surface area (Å²) >= 11 is 0. The Morgan fingerprint density at radius 2 is 1.84 bits per heavy atom. The van der Waals surface area contributed by atoms with Crippen LogP contribution in [-0.2, 0) is 17.6 Å². The third-order valence-electron chi connectivity index (χ3n) is 5.47. The number of carbonyl (C=O) groups is 1. The van der Waals surface area contributed by atoms with Crippen LogP contribution in [0.2, 0.25) is 0 Å². The number of fused-ring (bicyclic) bond motifs is 1. The third kappa shape index (κ3) is 3.91. The Hall–Kier alpha value is -2.17. The second kappa shape index (κ2) is 7.38. The Kier molecular flexibility index (Phi) is 4.81. The van der Waals surface area contributed by atoms with Crippen LogP contribution in [0.3, 0.4) is 0 Å². The van der Waals surface area contributed by atoms with Crippen molar-refractivity contribution in [3.63, 3.8) is 0 Å². The van der Waals surface area contributed by atoms with E-state index in [1.54, 1.807) is 0 Å². The summed E-state index contributed by atoms with van der Waals surface area (Å²) in [5, 5.41) is 10.9. The molecule has 0 unspecified atom stereocenters. The fourth-order valence-electron chi connectivity index (χ4n) is 4.08. The van der Waals surface area contributed by atoms with Gasteiger partial charge in [-0.15, -0.1) is 5.10 Å². The largest absolute Gasteiger partial charge is 0.403 e. The van der Waals surface area contributed by atoms with Crippen molar-refractivity contribution < 1.29 is 9.21 Å². The molecule has 2 aliphatic rings. The van der Waals surface area contributed by atoms with Gasteiger partial charge in [0.2, 0.25) is 11.8 Å². The van der Waals surface area contributed by atoms with Gasteiger partial charge in [-0.25, -0.2) is 0 Å². The molecule has 5 nitrogen and oxygen atoms in total. The smallest absolute Gasteiger partial charge is 0.322 e. The van der Waals surface area contributed by atoms with Crippen molar-refractivity contribution in [2.75, 3.05) is 5.32 Å². The normalized spacial score (nSPS) is 17.9. The molecule has 4 rings (SSSR count). The third-order valence-corrected chi connectivity index (χ3v) is 5.47. The van der Waals surface area contributed by atoms with Crippen molar-refractivity contribution in [3.8, 4) is 11.5 Å². The summed E-state index contributed by atoms with van der Waals surface area (Å²) in [5.74, 6) is 0.950. The molecule has 1 fully saturated rings. The molecule has 1 aromatic heterocycles. The molecule has 0 spiro atoms. The molecule has 0 radical (unpaired) electrons. The van der Waals surface area contributed by atoms with E-state index >= 15 is 0 Å². The molecule has 1 saturated carbocycles. The quantitative estimate of drug-likeness (QED) is 0.889. The van der Waals surface area contributed by atoms with Gasteiger partial charge in [0.05, 0.1) is 0 Å². The Morgan fingerprint density at radius 1 is 1.04 bits per heavy atom. The lowest BCUT2D eigenvalue weighted by Gasteiger charge is -2.20. The number of aromatic nitrogens is 2. The zero-order valence-electron chi connectivity index (χ0n) is 14.6. The van der Waals surface area contributed by atoms with E-state index in [1.165, 1.54) is 43.2 Å². The van der Waals surface area contributed by atoms with Crippen LogP contribution in [-0.4, -0.2) is 16.1 Å². The molecule has 1 N–H and O–H groups in total. The molecule has 2 aromatic rings. The highest BCUT2D eigenvalue weighted by Crippen LogP contribution is 2.28. The Balaban J connectivity index is 1.40. The number of benzene rings is 1. The first kappa shape index (κ1) is 16.3. The number of nitrogens with zero attached hydrogens (tertiary/aromatic N) is 2. The van der Waals surface area contributed by atoms with Gasteiger partial charge in [0.1, 0.15) is 0 Å². The van der Waals surface area contributed by atoms with Crippen molar-refractivity contribution in [3.05, 3.63) is 29.3 Å². The summed E-state index contributed by atoms with van der Waals surface area (Å²) in [6.07, 6.45) is 11.4. The predicted octanol–water partition coefficient (Wildman–Crippen LogP) is 4.52. The molecule has 2 aliphatic carbocycles. The van der Waals surface area contributed by atoms with Gasteiger partial charge in [-0.1, -0.05) is 30.4 Å². The van der Waals surface area contributed by atoms with Crippen LogP contribution >= 0.6 is 0 Å². The van der Waals surface area contributed by atoms with E-state index in [1.807, 2.05) is 6.07 Å². The van der Waals surface area contributed by atoms with Crippen LogP contribution in [0.4, 0.5) is 6.01 Å². The summed E-state index contributed by atoms with van der Waals surface area (Å²) in [6, 6.07) is 6.55. The molecule has 132 valence electrons. The number of nitrogens with one attached hydrogen (secondary N) is 1. The minimum Gasteiger partial charge on any atom is -0.403 e. The number of amides is 1. The first-order valence-corrected chi connectivity index (χ1v) is 9.53. The van der Waals surface area contributed by atoms with E-state index in [9.17, 15) is 4.79 Å². The summed E-state index contributed by atoms with van der Waals surface area (Å²) in [6.45, 7) is 0. The zero-order valence-corrected chi connectivity index (χ0v) is 14.6. The summed E-state index contributed by atoms with van der Waals surface area (Å²) in [7, 11) is 0. The second-order valence-corrected chi connectivity index (χ2v) is 7.36. The Bertz CT molecular complexity index is 747. The molecule has 5 heteroatoms. The van der Waals surface area contributed by atoms with E-state index in [0.29, 0.717) is 18.2 Å². The lowest BCUT2D eigenvalue weighted by Crippen LogP contribution is -2.18. The van der Waals surface area contributed by atoms with Gasteiger partial charge in [0, 0.05) is 12.0 Å². The van der Waals surface area contributed by atoms with Gasteiger partial charge in [-0.3, -0.25) is 10.1 Å². The van der Waals surface area contributed by atoms with E-state index in [4.69, 9.17) is 4.42 Å². The van der Waals surface area contributed by atoms with E-state index in [-0.39, 0.29) is 11.9 Å². The summed E-state index contributed by atoms with van der Waals surface area (Å²) in [4.78, 5) is 12.2. The maximum Gasteiger partial charge on any atom is 0.322 e. The van der Waals surface area contributed by atoms with Crippen LogP contribution in [0.15, 0.2) is 22.6 Å². The Labute approximate surface area is 148 Å². The molecule has 0 atom stereocenters.